The van der Waals surface area contributed by atoms with Crippen LogP contribution in [0.4, 0.5) is 11.4 Å². The maximum Gasteiger partial charge on any atom is 0.271 e. The standard InChI is InChI=1S/C22H20ClN3O4/c1-2-29-22-12-16(14-24-25-19-7-4-8-20(13-19)26(27)28)9-10-21(22)30-15-17-5-3-6-18(23)11-17/h3-14,25H,2,15H2,1H3. The number of rotatable bonds is 9. The minimum Gasteiger partial charge on any atom is -0.490 e. The van der Waals surface area contributed by atoms with Gasteiger partial charge in [-0.1, -0.05) is 29.8 Å². The summed E-state index contributed by atoms with van der Waals surface area (Å²) >= 11 is 6.01. The summed E-state index contributed by atoms with van der Waals surface area (Å²) in [7, 11) is 0. The van der Waals surface area contributed by atoms with Crippen LogP contribution in [0.2, 0.25) is 5.02 Å². The van der Waals surface area contributed by atoms with Gasteiger partial charge in [-0.25, -0.2) is 0 Å². The number of anilines is 1. The molecule has 0 aliphatic rings. The van der Waals surface area contributed by atoms with E-state index in [-0.39, 0.29) is 5.69 Å². The van der Waals surface area contributed by atoms with E-state index in [1.165, 1.54) is 12.1 Å². The van der Waals surface area contributed by atoms with Gasteiger partial charge in [-0.05, 0) is 54.4 Å². The van der Waals surface area contributed by atoms with Gasteiger partial charge in [0.25, 0.3) is 5.69 Å². The van der Waals surface area contributed by atoms with Gasteiger partial charge in [0.1, 0.15) is 6.61 Å². The number of nitrogens with one attached hydrogen (secondary N) is 1. The number of non-ortho nitro benzene ring substituents is 1. The first-order valence-electron chi connectivity index (χ1n) is 9.23. The molecule has 3 aromatic carbocycles. The van der Waals surface area contributed by atoms with Gasteiger partial charge >= 0.3 is 0 Å². The van der Waals surface area contributed by atoms with Crippen LogP contribution in [0.25, 0.3) is 0 Å². The van der Waals surface area contributed by atoms with Crippen LogP contribution in [0.5, 0.6) is 11.5 Å². The van der Waals surface area contributed by atoms with Gasteiger partial charge in [0.05, 0.1) is 23.4 Å². The van der Waals surface area contributed by atoms with Crippen molar-refractivity contribution >= 4 is 29.2 Å². The molecule has 1 N–H and O–H groups in total. The molecule has 0 fully saturated rings. The fourth-order valence-electron chi connectivity index (χ4n) is 2.65. The van der Waals surface area contributed by atoms with Crippen molar-refractivity contribution in [2.75, 3.05) is 12.0 Å². The molecule has 0 atom stereocenters. The summed E-state index contributed by atoms with van der Waals surface area (Å²) < 4.78 is 11.6. The molecule has 30 heavy (non-hydrogen) atoms. The SMILES string of the molecule is CCOc1cc(C=NNc2cccc([N+](=O)[O-])c2)ccc1OCc1cccc(Cl)c1. The molecular formula is C22H20ClN3O4. The Morgan fingerprint density at radius 1 is 1.07 bits per heavy atom. The third-order valence-electron chi connectivity index (χ3n) is 4.02. The van der Waals surface area contributed by atoms with E-state index < -0.39 is 4.92 Å². The highest BCUT2D eigenvalue weighted by atomic mass is 35.5. The van der Waals surface area contributed by atoms with Crippen LogP contribution in [0.15, 0.2) is 71.8 Å². The third-order valence-corrected chi connectivity index (χ3v) is 4.25. The fraction of sp³-hybridized carbons (Fsp3) is 0.136. The molecule has 0 saturated heterocycles. The second-order valence-electron chi connectivity index (χ2n) is 6.24. The van der Waals surface area contributed by atoms with Crippen molar-refractivity contribution in [3.8, 4) is 11.5 Å². The van der Waals surface area contributed by atoms with Crippen molar-refractivity contribution in [1.82, 2.24) is 0 Å². The summed E-state index contributed by atoms with van der Waals surface area (Å²) in [5.74, 6) is 1.21. The van der Waals surface area contributed by atoms with Gasteiger partial charge in [-0.2, -0.15) is 5.10 Å². The molecule has 0 aromatic heterocycles. The van der Waals surface area contributed by atoms with E-state index >= 15 is 0 Å². The first-order valence-corrected chi connectivity index (χ1v) is 9.60. The maximum absolute atomic E-state index is 10.8. The lowest BCUT2D eigenvalue weighted by Gasteiger charge is -2.13. The maximum atomic E-state index is 10.8. The number of benzene rings is 3. The molecule has 0 aliphatic heterocycles. The molecular weight excluding hydrogens is 406 g/mol. The first kappa shape index (κ1) is 21.1. The van der Waals surface area contributed by atoms with Crippen molar-refractivity contribution in [2.45, 2.75) is 13.5 Å². The molecule has 7 nitrogen and oxygen atoms in total. The van der Waals surface area contributed by atoms with E-state index in [9.17, 15) is 10.1 Å². The highest BCUT2D eigenvalue weighted by Gasteiger charge is 2.07. The predicted molar refractivity (Wildman–Crippen MR) is 118 cm³/mol. The Bertz CT molecular complexity index is 1060. The average molecular weight is 426 g/mol. The summed E-state index contributed by atoms with van der Waals surface area (Å²) in [5, 5.41) is 15.6. The number of hydrazone groups is 1. The largest absolute Gasteiger partial charge is 0.490 e. The highest BCUT2D eigenvalue weighted by molar-refractivity contribution is 6.30. The topological polar surface area (TPSA) is 86.0 Å². The lowest BCUT2D eigenvalue weighted by Crippen LogP contribution is -2.00. The molecule has 0 spiro atoms. The quantitative estimate of drug-likeness (QED) is 0.271. The van der Waals surface area contributed by atoms with Gasteiger partial charge < -0.3 is 9.47 Å². The van der Waals surface area contributed by atoms with Crippen molar-refractivity contribution in [3.05, 3.63) is 93.0 Å². The number of hydrogen-bond acceptors (Lipinski definition) is 6. The third kappa shape index (κ3) is 5.96. The Labute approximate surface area is 179 Å². The second-order valence-corrected chi connectivity index (χ2v) is 6.67. The number of hydrogen-bond donors (Lipinski definition) is 1. The number of halogens is 1. The van der Waals surface area contributed by atoms with E-state index in [0.717, 1.165) is 11.1 Å². The van der Waals surface area contributed by atoms with Crippen LogP contribution < -0.4 is 14.9 Å². The summed E-state index contributed by atoms with van der Waals surface area (Å²) in [4.78, 5) is 10.4. The van der Waals surface area contributed by atoms with Crippen LogP contribution in [-0.4, -0.2) is 17.7 Å². The van der Waals surface area contributed by atoms with Crippen molar-refractivity contribution in [2.24, 2.45) is 5.10 Å². The van der Waals surface area contributed by atoms with E-state index in [0.29, 0.717) is 35.4 Å². The number of nitro benzene ring substituents is 1. The Morgan fingerprint density at radius 3 is 2.67 bits per heavy atom. The first-order chi connectivity index (χ1) is 14.5. The van der Waals surface area contributed by atoms with Gasteiger partial charge in [-0.3, -0.25) is 15.5 Å². The lowest BCUT2D eigenvalue weighted by atomic mass is 10.2. The van der Waals surface area contributed by atoms with Crippen LogP contribution in [0.1, 0.15) is 18.1 Å². The van der Waals surface area contributed by atoms with Gasteiger partial charge in [0.2, 0.25) is 0 Å². The van der Waals surface area contributed by atoms with Crippen LogP contribution in [-0.2, 0) is 6.61 Å². The van der Waals surface area contributed by atoms with E-state index in [1.807, 2.05) is 49.4 Å². The Kier molecular flexibility index (Phi) is 7.24. The van der Waals surface area contributed by atoms with Crippen LogP contribution >= 0.6 is 11.6 Å². The minimum absolute atomic E-state index is 0.00460. The van der Waals surface area contributed by atoms with E-state index in [1.54, 1.807) is 18.3 Å². The Balaban J connectivity index is 1.68. The van der Waals surface area contributed by atoms with Crippen molar-refractivity contribution in [3.63, 3.8) is 0 Å². The molecule has 3 aromatic rings. The molecule has 0 aliphatic carbocycles. The summed E-state index contributed by atoms with van der Waals surface area (Å²) in [5.41, 5.74) is 5.04. The summed E-state index contributed by atoms with van der Waals surface area (Å²) in [6, 6.07) is 19.1. The highest BCUT2D eigenvalue weighted by Crippen LogP contribution is 2.29. The molecule has 0 unspecified atom stereocenters. The molecule has 0 heterocycles. The van der Waals surface area contributed by atoms with Gasteiger partial charge in [0.15, 0.2) is 11.5 Å². The average Bonchev–Trinajstić information content (AvgIpc) is 2.74. The fourth-order valence-corrected chi connectivity index (χ4v) is 2.86. The van der Waals surface area contributed by atoms with E-state index in [4.69, 9.17) is 21.1 Å². The number of nitrogens with zero attached hydrogens (tertiary/aromatic N) is 2. The predicted octanol–water partition coefficient (Wildman–Crippen LogP) is 5.67. The molecule has 3 rings (SSSR count). The summed E-state index contributed by atoms with van der Waals surface area (Å²) in [6.45, 7) is 2.74. The normalized spacial score (nSPS) is 10.7. The molecule has 154 valence electrons. The van der Waals surface area contributed by atoms with E-state index in [2.05, 4.69) is 10.5 Å². The van der Waals surface area contributed by atoms with Crippen molar-refractivity contribution < 1.29 is 14.4 Å². The van der Waals surface area contributed by atoms with Gasteiger partial charge in [-0.15, -0.1) is 0 Å². The van der Waals surface area contributed by atoms with Crippen molar-refractivity contribution in [1.29, 1.82) is 0 Å². The zero-order valence-electron chi connectivity index (χ0n) is 16.2. The second kappa shape index (κ2) is 10.3. The Morgan fingerprint density at radius 2 is 1.90 bits per heavy atom. The zero-order valence-corrected chi connectivity index (χ0v) is 17.0. The Hall–Kier alpha value is -3.58. The molecule has 0 bridgehead atoms. The number of ether oxygens (including phenoxy) is 2. The van der Waals surface area contributed by atoms with Gasteiger partial charge in [0, 0.05) is 17.2 Å². The van der Waals surface area contributed by atoms with Crippen LogP contribution in [0.3, 0.4) is 0 Å². The smallest absolute Gasteiger partial charge is 0.271 e. The number of nitro groups is 1. The minimum atomic E-state index is -0.453. The monoisotopic (exact) mass is 425 g/mol. The lowest BCUT2D eigenvalue weighted by molar-refractivity contribution is -0.384. The van der Waals surface area contributed by atoms with Crippen LogP contribution in [0, 0.1) is 10.1 Å². The summed E-state index contributed by atoms with van der Waals surface area (Å²) in [6.07, 6.45) is 1.60. The molecule has 0 amide bonds. The molecule has 0 radical (unpaired) electrons. The molecule has 8 heteroatoms. The molecule has 0 saturated carbocycles. The zero-order chi connectivity index (χ0) is 21.3.